The fourth-order valence-electron chi connectivity index (χ4n) is 2.51. The van der Waals surface area contributed by atoms with Gasteiger partial charge in [0.05, 0.1) is 11.5 Å². The standard InChI is InChI=1S/C11H15NO4S3/c13-18(14)7-5-10(8-18)12(9-3-4-9)19(15,16)11-2-1-6-17-11/h1-2,6,9-10H,3-5,7-8H2. The second-order valence-corrected chi connectivity index (χ2v) is 10.3. The zero-order valence-electron chi connectivity index (χ0n) is 10.2. The van der Waals surface area contributed by atoms with Gasteiger partial charge >= 0.3 is 0 Å². The second-order valence-electron chi connectivity index (χ2n) is 5.06. The van der Waals surface area contributed by atoms with Crippen molar-refractivity contribution < 1.29 is 16.8 Å². The first-order valence-electron chi connectivity index (χ1n) is 6.18. The lowest BCUT2D eigenvalue weighted by molar-refractivity contribution is 0.333. The van der Waals surface area contributed by atoms with E-state index in [1.54, 1.807) is 17.5 Å². The number of sulfonamides is 1. The van der Waals surface area contributed by atoms with Gasteiger partial charge in [-0.2, -0.15) is 4.31 Å². The summed E-state index contributed by atoms with van der Waals surface area (Å²) >= 11 is 1.18. The van der Waals surface area contributed by atoms with Crippen LogP contribution >= 0.6 is 11.3 Å². The lowest BCUT2D eigenvalue weighted by Gasteiger charge is -2.26. The third-order valence-electron chi connectivity index (χ3n) is 3.50. The van der Waals surface area contributed by atoms with E-state index >= 15 is 0 Å². The van der Waals surface area contributed by atoms with Gasteiger partial charge < -0.3 is 0 Å². The molecule has 1 atom stereocenters. The number of hydrogen-bond donors (Lipinski definition) is 0. The van der Waals surface area contributed by atoms with Crippen molar-refractivity contribution in [2.45, 2.75) is 35.6 Å². The number of rotatable bonds is 4. The molecule has 0 aromatic carbocycles. The van der Waals surface area contributed by atoms with Gasteiger partial charge in [0, 0.05) is 12.1 Å². The molecule has 1 aliphatic carbocycles. The van der Waals surface area contributed by atoms with Gasteiger partial charge in [0.25, 0.3) is 10.0 Å². The van der Waals surface area contributed by atoms with Crippen LogP contribution in [-0.2, 0) is 19.9 Å². The molecule has 8 heteroatoms. The maximum Gasteiger partial charge on any atom is 0.253 e. The van der Waals surface area contributed by atoms with Crippen LogP contribution in [0.25, 0.3) is 0 Å². The topological polar surface area (TPSA) is 71.5 Å². The Balaban J connectivity index is 1.95. The predicted octanol–water partition coefficient (Wildman–Crippen LogP) is 1.09. The van der Waals surface area contributed by atoms with E-state index in [4.69, 9.17) is 0 Å². The molecule has 0 radical (unpaired) electrons. The highest BCUT2D eigenvalue weighted by atomic mass is 32.2. The molecular formula is C11H15NO4S3. The largest absolute Gasteiger partial charge is 0.253 e. The zero-order chi connectivity index (χ0) is 13.7. The summed E-state index contributed by atoms with van der Waals surface area (Å²) in [5.74, 6) is 0.0644. The first-order valence-corrected chi connectivity index (χ1v) is 10.3. The molecule has 1 aromatic heterocycles. The molecule has 1 saturated heterocycles. The SMILES string of the molecule is O=S1(=O)CCC(N(C2CC2)S(=O)(=O)c2cccs2)C1. The van der Waals surface area contributed by atoms with E-state index in [9.17, 15) is 16.8 Å². The fourth-order valence-corrected chi connectivity index (χ4v) is 7.31. The van der Waals surface area contributed by atoms with Gasteiger partial charge in [-0.15, -0.1) is 11.3 Å². The van der Waals surface area contributed by atoms with Crippen molar-refractivity contribution in [3.63, 3.8) is 0 Å². The molecule has 1 aliphatic heterocycles. The van der Waals surface area contributed by atoms with Gasteiger partial charge in [0.1, 0.15) is 4.21 Å². The molecule has 1 aromatic rings. The van der Waals surface area contributed by atoms with E-state index < -0.39 is 19.9 Å². The van der Waals surface area contributed by atoms with Crippen molar-refractivity contribution in [1.29, 1.82) is 0 Å². The van der Waals surface area contributed by atoms with Gasteiger partial charge in [0.15, 0.2) is 9.84 Å². The molecule has 2 fully saturated rings. The predicted molar refractivity (Wildman–Crippen MR) is 73.4 cm³/mol. The Morgan fingerprint density at radius 2 is 1.95 bits per heavy atom. The Kier molecular flexibility index (Phi) is 3.24. The molecule has 0 bridgehead atoms. The summed E-state index contributed by atoms with van der Waals surface area (Å²) in [6.07, 6.45) is 2.09. The van der Waals surface area contributed by atoms with Crippen LogP contribution in [0.2, 0.25) is 0 Å². The van der Waals surface area contributed by atoms with Crippen LogP contribution in [0.15, 0.2) is 21.7 Å². The van der Waals surface area contributed by atoms with E-state index in [1.807, 2.05) is 0 Å². The Bertz CT molecular complexity index is 659. The van der Waals surface area contributed by atoms with Crippen molar-refractivity contribution in [2.75, 3.05) is 11.5 Å². The first-order chi connectivity index (χ1) is 8.90. The van der Waals surface area contributed by atoms with Crippen LogP contribution in [0.3, 0.4) is 0 Å². The van der Waals surface area contributed by atoms with Crippen molar-refractivity contribution in [1.82, 2.24) is 4.31 Å². The molecule has 2 aliphatic rings. The molecule has 3 rings (SSSR count). The van der Waals surface area contributed by atoms with E-state index in [-0.39, 0.29) is 23.6 Å². The van der Waals surface area contributed by atoms with E-state index in [1.165, 1.54) is 15.6 Å². The lowest BCUT2D eigenvalue weighted by atomic mass is 10.2. The van der Waals surface area contributed by atoms with Crippen LogP contribution in [0.1, 0.15) is 19.3 Å². The second kappa shape index (κ2) is 4.54. The first kappa shape index (κ1) is 13.5. The monoisotopic (exact) mass is 321 g/mol. The summed E-state index contributed by atoms with van der Waals surface area (Å²) < 4.78 is 50.2. The number of nitrogens with zero attached hydrogens (tertiary/aromatic N) is 1. The van der Waals surface area contributed by atoms with Crippen molar-refractivity contribution >= 4 is 31.2 Å². The number of sulfone groups is 1. The molecule has 5 nitrogen and oxygen atoms in total. The summed E-state index contributed by atoms with van der Waals surface area (Å²) in [6, 6.07) is 2.89. The molecule has 0 amide bonds. The molecule has 106 valence electrons. The molecule has 0 N–H and O–H groups in total. The van der Waals surface area contributed by atoms with Gasteiger partial charge in [0.2, 0.25) is 0 Å². The minimum absolute atomic E-state index is 0.00889. The van der Waals surface area contributed by atoms with Crippen molar-refractivity contribution in [3.05, 3.63) is 17.5 Å². The maximum atomic E-state index is 12.6. The van der Waals surface area contributed by atoms with Gasteiger partial charge in [-0.05, 0) is 30.7 Å². The third-order valence-corrected chi connectivity index (χ3v) is 8.63. The minimum Gasteiger partial charge on any atom is -0.229 e. The normalized spacial score (nSPS) is 26.9. The maximum absolute atomic E-state index is 12.6. The molecule has 19 heavy (non-hydrogen) atoms. The van der Waals surface area contributed by atoms with Crippen LogP contribution in [0.5, 0.6) is 0 Å². The van der Waals surface area contributed by atoms with Crippen molar-refractivity contribution in [2.24, 2.45) is 0 Å². The molecule has 1 unspecified atom stereocenters. The Morgan fingerprint density at radius 3 is 2.42 bits per heavy atom. The molecular weight excluding hydrogens is 306 g/mol. The average molecular weight is 321 g/mol. The molecule has 0 spiro atoms. The summed E-state index contributed by atoms with van der Waals surface area (Å²) in [5.41, 5.74) is 0. The Hall–Kier alpha value is -0.440. The molecule has 2 heterocycles. The van der Waals surface area contributed by atoms with Crippen LogP contribution in [-0.4, -0.2) is 44.7 Å². The zero-order valence-corrected chi connectivity index (χ0v) is 12.7. The highest BCUT2D eigenvalue weighted by Gasteiger charge is 2.46. The highest BCUT2D eigenvalue weighted by Crippen LogP contribution is 2.37. The summed E-state index contributed by atoms with van der Waals surface area (Å²) in [6.45, 7) is 0. The lowest BCUT2D eigenvalue weighted by Crippen LogP contribution is -2.42. The van der Waals surface area contributed by atoms with Crippen molar-refractivity contribution in [3.8, 4) is 0 Å². The Labute approximate surface area is 117 Å². The smallest absolute Gasteiger partial charge is 0.229 e. The van der Waals surface area contributed by atoms with Crippen LogP contribution in [0, 0.1) is 0 Å². The van der Waals surface area contributed by atoms with E-state index in [0.717, 1.165) is 12.8 Å². The van der Waals surface area contributed by atoms with Gasteiger partial charge in [-0.3, -0.25) is 0 Å². The highest BCUT2D eigenvalue weighted by molar-refractivity contribution is 7.92. The van der Waals surface area contributed by atoms with E-state index in [2.05, 4.69) is 0 Å². The summed E-state index contributed by atoms with van der Waals surface area (Å²) in [4.78, 5) is 0. The summed E-state index contributed by atoms with van der Waals surface area (Å²) in [7, 11) is -6.62. The Morgan fingerprint density at radius 1 is 1.21 bits per heavy atom. The van der Waals surface area contributed by atoms with Gasteiger partial charge in [-0.1, -0.05) is 6.07 Å². The average Bonchev–Trinajstić information content (AvgIpc) is 2.86. The molecule has 1 saturated carbocycles. The van der Waals surface area contributed by atoms with Crippen LogP contribution in [0.4, 0.5) is 0 Å². The van der Waals surface area contributed by atoms with Crippen LogP contribution < -0.4 is 0 Å². The fraction of sp³-hybridized carbons (Fsp3) is 0.636. The van der Waals surface area contributed by atoms with Gasteiger partial charge in [-0.25, -0.2) is 16.8 Å². The quantitative estimate of drug-likeness (QED) is 0.832. The van der Waals surface area contributed by atoms with E-state index in [0.29, 0.717) is 10.6 Å². The number of hydrogen-bond acceptors (Lipinski definition) is 5. The minimum atomic E-state index is -3.54. The summed E-state index contributed by atoms with van der Waals surface area (Å²) in [5, 5.41) is 1.73. The number of thiophene rings is 1. The third kappa shape index (κ3) is 2.58.